The molecule has 0 aliphatic heterocycles. The molecule has 0 aliphatic carbocycles. The normalized spacial score (nSPS) is 11.8. The Morgan fingerprint density at radius 2 is 1.95 bits per heavy atom. The van der Waals surface area contributed by atoms with Crippen LogP contribution in [0.5, 0.6) is 0 Å². The lowest BCUT2D eigenvalue weighted by Crippen LogP contribution is -2.35. The highest BCUT2D eigenvalue weighted by atomic mass is 32.2. The fraction of sp³-hybridized carbons (Fsp3) is 0.429. The number of nitrogens with zero attached hydrogens (tertiary/aromatic N) is 2. The Morgan fingerprint density at radius 3 is 2.58 bits per heavy atom. The van der Waals surface area contributed by atoms with Crippen LogP contribution in [0.2, 0.25) is 0 Å². The second kappa shape index (κ2) is 5.75. The summed E-state index contributed by atoms with van der Waals surface area (Å²) >= 11 is 1.51. The summed E-state index contributed by atoms with van der Waals surface area (Å²) in [4.78, 5) is 1.14. The predicted octanol–water partition coefficient (Wildman–Crippen LogP) is 3.42. The van der Waals surface area contributed by atoms with Crippen LogP contribution in [-0.2, 0) is 6.54 Å². The van der Waals surface area contributed by atoms with Gasteiger partial charge in [-0.15, -0.1) is 10.2 Å². The van der Waals surface area contributed by atoms with E-state index in [2.05, 4.69) is 48.4 Å². The smallest absolute Gasteiger partial charge is 0.281 e. The van der Waals surface area contributed by atoms with Crippen LogP contribution in [-0.4, -0.2) is 15.7 Å². The van der Waals surface area contributed by atoms with Gasteiger partial charge in [-0.25, -0.2) is 0 Å². The highest BCUT2D eigenvalue weighted by molar-refractivity contribution is 7.99. The van der Waals surface area contributed by atoms with Crippen molar-refractivity contribution in [3.8, 4) is 0 Å². The van der Waals surface area contributed by atoms with Gasteiger partial charge in [-0.1, -0.05) is 18.2 Å². The molecule has 2 aromatic rings. The van der Waals surface area contributed by atoms with E-state index in [1.165, 1.54) is 17.3 Å². The topological polar surface area (TPSA) is 51.0 Å². The minimum atomic E-state index is 0.0961. The molecule has 19 heavy (non-hydrogen) atoms. The molecular formula is C14H19N3OS. The van der Waals surface area contributed by atoms with E-state index in [0.717, 1.165) is 11.4 Å². The molecule has 1 heterocycles. The Hall–Kier alpha value is -1.33. The Labute approximate surface area is 118 Å². The standard InChI is InChI=1S/C14H19N3OS/c1-10-16-17-13(18-10)19-12-8-6-5-7-11(12)9-15-14(2,3)4/h5-8,15H,9H2,1-4H3. The van der Waals surface area contributed by atoms with Gasteiger partial charge in [0.05, 0.1) is 0 Å². The Morgan fingerprint density at radius 1 is 1.21 bits per heavy atom. The van der Waals surface area contributed by atoms with E-state index >= 15 is 0 Å². The molecule has 0 unspecified atom stereocenters. The largest absolute Gasteiger partial charge is 0.416 e. The second-order valence-electron chi connectivity index (χ2n) is 5.40. The average Bonchev–Trinajstić information content (AvgIpc) is 2.73. The fourth-order valence-electron chi connectivity index (χ4n) is 1.52. The van der Waals surface area contributed by atoms with Crippen molar-refractivity contribution < 1.29 is 4.42 Å². The Balaban J connectivity index is 2.12. The van der Waals surface area contributed by atoms with Gasteiger partial charge in [-0.2, -0.15) is 0 Å². The molecule has 102 valence electrons. The number of hydrogen-bond acceptors (Lipinski definition) is 5. The van der Waals surface area contributed by atoms with E-state index in [1.807, 2.05) is 12.1 Å². The summed E-state index contributed by atoms with van der Waals surface area (Å²) in [5, 5.41) is 11.9. The van der Waals surface area contributed by atoms with Crippen LogP contribution >= 0.6 is 11.8 Å². The van der Waals surface area contributed by atoms with E-state index in [4.69, 9.17) is 4.42 Å². The van der Waals surface area contributed by atoms with Gasteiger partial charge in [0.1, 0.15) is 0 Å². The first-order chi connectivity index (χ1) is 8.94. The van der Waals surface area contributed by atoms with Gasteiger partial charge < -0.3 is 9.73 Å². The molecule has 0 atom stereocenters. The van der Waals surface area contributed by atoms with Crippen LogP contribution in [0.1, 0.15) is 32.2 Å². The molecule has 0 saturated carbocycles. The predicted molar refractivity (Wildman–Crippen MR) is 76.2 cm³/mol. The Kier molecular flexibility index (Phi) is 4.27. The fourth-order valence-corrected chi connectivity index (χ4v) is 2.37. The van der Waals surface area contributed by atoms with Crippen molar-refractivity contribution >= 4 is 11.8 Å². The number of benzene rings is 1. The molecule has 0 fully saturated rings. The summed E-state index contributed by atoms with van der Waals surface area (Å²) in [6.45, 7) is 9.09. The highest BCUT2D eigenvalue weighted by Gasteiger charge is 2.12. The SMILES string of the molecule is Cc1nnc(Sc2ccccc2CNC(C)(C)C)o1. The van der Waals surface area contributed by atoms with Crippen LogP contribution in [0, 0.1) is 6.92 Å². The molecule has 1 aromatic heterocycles. The minimum Gasteiger partial charge on any atom is -0.416 e. The van der Waals surface area contributed by atoms with Gasteiger partial charge >= 0.3 is 0 Å². The molecular weight excluding hydrogens is 258 g/mol. The number of aryl methyl sites for hydroxylation is 1. The summed E-state index contributed by atoms with van der Waals surface area (Å²) in [5.41, 5.74) is 1.33. The maximum Gasteiger partial charge on any atom is 0.281 e. The maximum absolute atomic E-state index is 5.41. The number of rotatable bonds is 4. The maximum atomic E-state index is 5.41. The minimum absolute atomic E-state index is 0.0961. The van der Waals surface area contributed by atoms with E-state index in [9.17, 15) is 0 Å². The molecule has 0 spiro atoms. The molecule has 1 aromatic carbocycles. The van der Waals surface area contributed by atoms with Crippen LogP contribution in [0.3, 0.4) is 0 Å². The zero-order valence-electron chi connectivity index (χ0n) is 11.7. The van der Waals surface area contributed by atoms with Crippen molar-refractivity contribution in [3.63, 3.8) is 0 Å². The molecule has 0 radical (unpaired) electrons. The quantitative estimate of drug-likeness (QED) is 0.928. The number of nitrogens with one attached hydrogen (secondary N) is 1. The zero-order valence-corrected chi connectivity index (χ0v) is 12.5. The van der Waals surface area contributed by atoms with Crippen molar-refractivity contribution in [3.05, 3.63) is 35.7 Å². The summed E-state index contributed by atoms with van der Waals surface area (Å²) in [6, 6.07) is 8.25. The van der Waals surface area contributed by atoms with Crippen LogP contribution in [0.15, 0.2) is 38.8 Å². The van der Waals surface area contributed by atoms with Gasteiger partial charge in [0.2, 0.25) is 5.89 Å². The van der Waals surface area contributed by atoms with E-state index in [-0.39, 0.29) is 5.54 Å². The van der Waals surface area contributed by atoms with Gasteiger partial charge in [0.15, 0.2) is 0 Å². The monoisotopic (exact) mass is 277 g/mol. The van der Waals surface area contributed by atoms with Crippen molar-refractivity contribution in [1.29, 1.82) is 0 Å². The zero-order chi connectivity index (χ0) is 13.9. The summed E-state index contributed by atoms with van der Waals surface area (Å²) in [6.07, 6.45) is 0. The summed E-state index contributed by atoms with van der Waals surface area (Å²) < 4.78 is 5.41. The van der Waals surface area contributed by atoms with Gasteiger partial charge in [-0.05, 0) is 44.2 Å². The molecule has 0 saturated heterocycles. The Bertz CT molecular complexity index is 546. The first kappa shape index (κ1) is 14.1. The first-order valence-electron chi connectivity index (χ1n) is 6.25. The lowest BCUT2D eigenvalue weighted by Gasteiger charge is -2.21. The average molecular weight is 277 g/mol. The first-order valence-corrected chi connectivity index (χ1v) is 7.06. The van der Waals surface area contributed by atoms with E-state index < -0.39 is 0 Å². The van der Waals surface area contributed by atoms with E-state index in [0.29, 0.717) is 11.1 Å². The molecule has 2 rings (SSSR count). The lowest BCUT2D eigenvalue weighted by molar-refractivity contribution is 0.421. The third-order valence-electron chi connectivity index (χ3n) is 2.49. The van der Waals surface area contributed by atoms with Gasteiger partial charge in [0, 0.05) is 23.9 Å². The summed E-state index contributed by atoms with van der Waals surface area (Å²) in [7, 11) is 0. The number of hydrogen-bond donors (Lipinski definition) is 1. The highest BCUT2D eigenvalue weighted by Crippen LogP contribution is 2.29. The lowest BCUT2D eigenvalue weighted by atomic mass is 10.1. The molecule has 0 bridgehead atoms. The van der Waals surface area contributed by atoms with Gasteiger partial charge in [0.25, 0.3) is 5.22 Å². The van der Waals surface area contributed by atoms with Gasteiger partial charge in [-0.3, -0.25) is 0 Å². The molecule has 5 heteroatoms. The second-order valence-corrected chi connectivity index (χ2v) is 6.39. The number of aromatic nitrogens is 2. The van der Waals surface area contributed by atoms with Crippen LogP contribution < -0.4 is 5.32 Å². The molecule has 0 aliphatic rings. The van der Waals surface area contributed by atoms with Crippen molar-refractivity contribution in [2.75, 3.05) is 0 Å². The molecule has 1 N–H and O–H groups in total. The molecule has 4 nitrogen and oxygen atoms in total. The van der Waals surface area contributed by atoms with Crippen molar-refractivity contribution in [2.24, 2.45) is 0 Å². The van der Waals surface area contributed by atoms with Crippen molar-refractivity contribution in [2.45, 2.75) is 49.9 Å². The third kappa shape index (κ3) is 4.36. The van der Waals surface area contributed by atoms with Crippen LogP contribution in [0.4, 0.5) is 0 Å². The van der Waals surface area contributed by atoms with Crippen LogP contribution in [0.25, 0.3) is 0 Å². The van der Waals surface area contributed by atoms with Crippen molar-refractivity contribution in [1.82, 2.24) is 15.5 Å². The molecule has 0 amide bonds. The third-order valence-corrected chi connectivity index (χ3v) is 3.44. The summed E-state index contributed by atoms with van der Waals surface area (Å²) in [5.74, 6) is 0.591. The van der Waals surface area contributed by atoms with E-state index in [1.54, 1.807) is 6.92 Å².